The molecule has 1 rings (SSSR count). The molecule has 0 spiro atoms. The Labute approximate surface area is 119 Å². The van der Waals surface area contributed by atoms with Crippen molar-refractivity contribution in [3.63, 3.8) is 0 Å². The Balaban J connectivity index is 2.95. The first-order valence-corrected chi connectivity index (χ1v) is 6.21. The summed E-state index contributed by atoms with van der Waals surface area (Å²) in [5.41, 5.74) is 5.59. The number of amidine groups is 1. The number of nitrogens with zero attached hydrogens (tertiary/aromatic N) is 2. The zero-order chi connectivity index (χ0) is 16.2. The van der Waals surface area contributed by atoms with Crippen LogP contribution < -0.4 is 5.73 Å². The second kappa shape index (κ2) is 6.75. The Morgan fingerprint density at radius 3 is 2.43 bits per heavy atom. The van der Waals surface area contributed by atoms with E-state index in [0.29, 0.717) is 0 Å². The summed E-state index contributed by atoms with van der Waals surface area (Å²) in [6.45, 7) is 1.91. The standard InChI is InChI=1S/C13H17F4N3O/c1-8(2)20(7-13(15,16)17)6-10-4-3-9(5-11(10)14)12(18)19-21/h3-5,8,21H,6-7H2,1-2H3,(H2,18,19). The SMILES string of the molecule is CC(C)N(Cc1ccc(C(N)=NO)cc1F)CC(F)(F)F. The zero-order valence-electron chi connectivity index (χ0n) is 11.7. The predicted molar refractivity (Wildman–Crippen MR) is 70.5 cm³/mol. The Bertz CT molecular complexity index is 515. The monoisotopic (exact) mass is 307 g/mol. The van der Waals surface area contributed by atoms with Gasteiger partial charge < -0.3 is 10.9 Å². The molecule has 0 radical (unpaired) electrons. The molecule has 0 atom stereocenters. The van der Waals surface area contributed by atoms with Gasteiger partial charge in [0.2, 0.25) is 0 Å². The van der Waals surface area contributed by atoms with E-state index in [1.165, 1.54) is 12.1 Å². The van der Waals surface area contributed by atoms with Crippen molar-refractivity contribution in [3.05, 3.63) is 35.1 Å². The molecule has 4 nitrogen and oxygen atoms in total. The van der Waals surface area contributed by atoms with E-state index in [1.54, 1.807) is 13.8 Å². The molecule has 0 aliphatic carbocycles. The van der Waals surface area contributed by atoms with Crippen LogP contribution in [-0.4, -0.2) is 34.7 Å². The van der Waals surface area contributed by atoms with Gasteiger partial charge in [-0.2, -0.15) is 13.2 Å². The van der Waals surface area contributed by atoms with Gasteiger partial charge in [0.05, 0.1) is 6.54 Å². The van der Waals surface area contributed by atoms with Gasteiger partial charge in [0.15, 0.2) is 5.84 Å². The third-order valence-electron chi connectivity index (χ3n) is 2.94. The molecule has 0 unspecified atom stereocenters. The fraction of sp³-hybridized carbons (Fsp3) is 0.462. The van der Waals surface area contributed by atoms with E-state index in [-0.39, 0.29) is 23.5 Å². The van der Waals surface area contributed by atoms with Crippen molar-refractivity contribution in [2.45, 2.75) is 32.6 Å². The summed E-state index contributed by atoms with van der Waals surface area (Å²) in [6.07, 6.45) is -4.35. The van der Waals surface area contributed by atoms with Gasteiger partial charge >= 0.3 is 6.18 Å². The molecule has 21 heavy (non-hydrogen) atoms. The van der Waals surface area contributed by atoms with Crippen LogP contribution in [0.5, 0.6) is 0 Å². The Hall–Kier alpha value is -1.83. The second-order valence-electron chi connectivity index (χ2n) is 4.91. The number of alkyl halides is 3. The van der Waals surface area contributed by atoms with Crippen LogP contribution in [-0.2, 0) is 6.54 Å². The molecule has 0 aliphatic heterocycles. The average molecular weight is 307 g/mol. The molecule has 0 saturated heterocycles. The van der Waals surface area contributed by atoms with Crippen LogP contribution in [0.4, 0.5) is 17.6 Å². The topological polar surface area (TPSA) is 61.8 Å². The molecule has 8 heteroatoms. The van der Waals surface area contributed by atoms with Gasteiger partial charge in [0.25, 0.3) is 0 Å². The third kappa shape index (κ3) is 5.22. The highest BCUT2D eigenvalue weighted by molar-refractivity contribution is 5.97. The van der Waals surface area contributed by atoms with Crippen LogP contribution in [0.2, 0.25) is 0 Å². The molecule has 0 aliphatic rings. The number of hydrogen-bond acceptors (Lipinski definition) is 3. The van der Waals surface area contributed by atoms with Crippen molar-refractivity contribution in [2.24, 2.45) is 10.9 Å². The number of rotatable bonds is 5. The molecule has 118 valence electrons. The summed E-state index contributed by atoms with van der Waals surface area (Å²) in [4.78, 5) is 1.11. The fourth-order valence-corrected chi connectivity index (χ4v) is 1.76. The van der Waals surface area contributed by atoms with Gasteiger partial charge in [-0.05, 0) is 19.9 Å². The smallest absolute Gasteiger partial charge is 0.401 e. The van der Waals surface area contributed by atoms with Crippen molar-refractivity contribution in [1.29, 1.82) is 0 Å². The van der Waals surface area contributed by atoms with Crippen molar-refractivity contribution in [3.8, 4) is 0 Å². The molecular weight excluding hydrogens is 290 g/mol. The highest BCUT2D eigenvalue weighted by Crippen LogP contribution is 2.21. The van der Waals surface area contributed by atoms with Crippen molar-refractivity contribution in [1.82, 2.24) is 4.90 Å². The van der Waals surface area contributed by atoms with Gasteiger partial charge in [0.1, 0.15) is 5.82 Å². The first kappa shape index (κ1) is 17.2. The van der Waals surface area contributed by atoms with Crippen molar-refractivity contribution in [2.75, 3.05) is 6.54 Å². The number of oxime groups is 1. The van der Waals surface area contributed by atoms with Crippen LogP contribution in [0.25, 0.3) is 0 Å². The molecule has 0 aromatic heterocycles. The molecule has 3 N–H and O–H groups in total. The number of hydrogen-bond donors (Lipinski definition) is 2. The highest BCUT2D eigenvalue weighted by atomic mass is 19.4. The minimum Gasteiger partial charge on any atom is -0.409 e. The fourth-order valence-electron chi connectivity index (χ4n) is 1.76. The molecule has 1 aromatic carbocycles. The molecule has 0 amide bonds. The maximum absolute atomic E-state index is 13.9. The van der Waals surface area contributed by atoms with Gasteiger partial charge in [-0.1, -0.05) is 17.3 Å². The van der Waals surface area contributed by atoms with E-state index in [2.05, 4.69) is 5.16 Å². The lowest BCUT2D eigenvalue weighted by atomic mass is 10.1. The van der Waals surface area contributed by atoms with E-state index < -0.39 is 24.6 Å². The summed E-state index contributed by atoms with van der Waals surface area (Å²) in [6, 6.07) is 3.35. The van der Waals surface area contributed by atoms with Gasteiger partial charge in [-0.25, -0.2) is 4.39 Å². The normalized spacial score (nSPS) is 13.2. The van der Waals surface area contributed by atoms with E-state index >= 15 is 0 Å². The minimum absolute atomic E-state index is 0.113. The van der Waals surface area contributed by atoms with Crippen LogP contribution in [0, 0.1) is 5.82 Å². The Morgan fingerprint density at radius 2 is 2.00 bits per heavy atom. The largest absolute Gasteiger partial charge is 0.409 e. The summed E-state index contributed by atoms with van der Waals surface area (Å²) >= 11 is 0. The number of halogens is 4. The summed E-state index contributed by atoms with van der Waals surface area (Å²) in [5, 5.41) is 11.2. The van der Waals surface area contributed by atoms with E-state index in [4.69, 9.17) is 10.9 Å². The molecular formula is C13H17F4N3O. The maximum atomic E-state index is 13.9. The van der Waals surface area contributed by atoms with Gasteiger partial charge in [-0.15, -0.1) is 0 Å². The summed E-state index contributed by atoms with van der Waals surface area (Å²) < 4.78 is 51.4. The average Bonchev–Trinajstić information content (AvgIpc) is 2.37. The molecule has 0 heterocycles. The Kier molecular flexibility index (Phi) is 5.54. The minimum atomic E-state index is -4.35. The molecule has 1 aromatic rings. The highest BCUT2D eigenvalue weighted by Gasteiger charge is 2.32. The zero-order valence-corrected chi connectivity index (χ0v) is 11.7. The van der Waals surface area contributed by atoms with Crippen LogP contribution in [0.3, 0.4) is 0 Å². The van der Waals surface area contributed by atoms with Crippen LogP contribution >= 0.6 is 0 Å². The lowest BCUT2D eigenvalue weighted by Crippen LogP contribution is -2.38. The van der Waals surface area contributed by atoms with Crippen LogP contribution in [0.1, 0.15) is 25.0 Å². The maximum Gasteiger partial charge on any atom is 0.401 e. The summed E-state index contributed by atoms with van der Waals surface area (Å²) in [7, 11) is 0. The van der Waals surface area contributed by atoms with Crippen molar-refractivity contribution >= 4 is 5.84 Å². The van der Waals surface area contributed by atoms with Gasteiger partial charge in [0, 0.05) is 23.7 Å². The first-order chi connectivity index (χ1) is 9.64. The predicted octanol–water partition coefficient (Wildman–Crippen LogP) is 2.69. The lowest BCUT2D eigenvalue weighted by molar-refractivity contribution is -0.151. The van der Waals surface area contributed by atoms with E-state index in [1.807, 2.05) is 0 Å². The quantitative estimate of drug-likeness (QED) is 0.289. The van der Waals surface area contributed by atoms with Crippen molar-refractivity contribution < 1.29 is 22.8 Å². The number of nitrogens with two attached hydrogens (primary N) is 1. The lowest BCUT2D eigenvalue weighted by Gasteiger charge is -2.27. The van der Waals surface area contributed by atoms with E-state index in [0.717, 1.165) is 11.0 Å². The molecule has 0 saturated carbocycles. The summed E-state index contributed by atoms with van der Waals surface area (Å²) in [5.74, 6) is -0.969. The third-order valence-corrected chi connectivity index (χ3v) is 2.94. The van der Waals surface area contributed by atoms with Gasteiger partial charge in [-0.3, -0.25) is 4.90 Å². The first-order valence-electron chi connectivity index (χ1n) is 6.21. The van der Waals surface area contributed by atoms with Crippen LogP contribution in [0.15, 0.2) is 23.4 Å². The molecule has 0 fully saturated rings. The number of benzene rings is 1. The van der Waals surface area contributed by atoms with E-state index in [9.17, 15) is 17.6 Å². The Morgan fingerprint density at radius 1 is 1.38 bits per heavy atom. The molecule has 0 bridgehead atoms. The second-order valence-corrected chi connectivity index (χ2v) is 4.91.